The standard InChI is InChI=1S/C16H12ClN5OS/c17-11-7-4-8-12(9-11)19-20-14-13(10-5-2-1-3-6-10)21-22(15(14)23)16(18)24/h1-9,23H,(H2,18,24)/b20-19+. The smallest absolute Gasteiger partial charge is 0.245 e. The summed E-state index contributed by atoms with van der Waals surface area (Å²) < 4.78 is 1.05. The molecule has 0 atom stereocenters. The Morgan fingerprint density at radius 2 is 1.88 bits per heavy atom. The lowest BCUT2D eigenvalue weighted by molar-refractivity contribution is 0.440. The number of halogens is 1. The first-order valence-electron chi connectivity index (χ1n) is 6.91. The molecule has 0 saturated heterocycles. The van der Waals surface area contributed by atoms with Crippen LogP contribution in [0.15, 0.2) is 64.8 Å². The molecule has 1 heterocycles. The van der Waals surface area contributed by atoms with Gasteiger partial charge in [-0.1, -0.05) is 48.0 Å². The third-order valence-corrected chi connectivity index (χ3v) is 3.57. The Morgan fingerprint density at radius 1 is 1.12 bits per heavy atom. The fraction of sp³-hybridized carbons (Fsp3) is 0. The van der Waals surface area contributed by atoms with E-state index >= 15 is 0 Å². The van der Waals surface area contributed by atoms with Gasteiger partial charge in [-0.15, -0.1) is 5.11 Å². The molecule has 1 aromatic heterocycles. The molecule has 8 heteroatoms. The summed E-state index contributed by atoms with van der Waals surface area (Å²) in [5, 5.41) is 23.2. The lowest BCUT2D eigenvalue weighted by Crippen LogP contribution is -2.19. The summed E-state index contributed by atoms with van der Waals surface area (Å²) in [6, 6.07) is 16.1. The largest absolute Gasteiger partial charge is 0.492 e. The summed E-state index contributed by atoms with van der Waals surface area (Å²) in [5.74, 6) is -0.271. The number of thiocarbonyl (C=S) groups is 1. The SMILES string of the molecule is NC(=S)n1nc(-c2ccccc2)c(/N=N/c2cccc(Cl)c2)c1O. The second kappa shape index (κ2) is 6.77. The molecule has 0 spiro atoms. The number of azo groups is 1. The highest BCUT2D eigenvalue weighted by Gasteiger charge is 2.20. The Kier molecular flexibility index (Phi) is 4.54. The summed E-state index contributed by atoms with van der Waals surface area (Å²) in [6.45, 7) is 0. The molecule has 0 fully saturated rings. The fourth-order valence-electron chi connectivity index (χ4n) is 2.08. The Balaban J connectivity index is 2.10. The van der Waals surface area contributed by atoms with Gasteiger partial charge in [0.2, 0.25) is 5.88 Å². The van der Waals surface area contributed by atoms with Crippen LogP contribution in [0.1, 0.15) is 0 Å². The summed E-state index contributed by atoms with van der Waals surface area (Å²) in [7, 11) is 0. The number of hydrogen-bond acceptors (Lipinski definition) is 5. The third kappa shape index (κ3) is 3.27. The maximum absolute atomic E-state index is 10.3. The average Bonchev–Trinajstić information content (AvgIpc) is 2.91. The van der Waals surface area contributed by atoms with Crippen molar-refractivity contribution >= 4 is 40.3 Å². The lowest BCUT2D eigenvalue weighted by Gasteiger charge is -1.97. The van der Waals surface area contributed by atoms with Gasteiger partial charge in [0, 0.05) is 10.6 Å². The van der Waals surface area contributed by atoms with E-state index in [2.05, 4.69) is 15.3 Å². The number of benzene rings is 2. The zero-order chi connectivity index (χ0) is 17.1. The average molecular weight is 358 g/mol. The van der Waals surface area contributed by atoms with E-state index in [9.17, 15) is 5.11 Å². The van der Waals surface area contributed by atoms with Crippen molar-refractivity contribution in [2.24, 2.45) is 16.0 Å². The van der Waals surface area contributed by atoms with Crippen LogP contribution < -0.4 is 5.73 Å². The zero-order valence-electron chi connectivity index (χ0n) is 12.3. The first kappa shape index (κ1) is 16.1. The van der Waals surface area contributed by atoms with Crippen LogP contribution in [0, 0.1) is 0 Å². The molecule has 3 N–H and O–H groups in total. The maximum atomic E-state index is 10.3. The molecule has 0 unspecified atom stereocenters. The Labute approximate surface area is 148 Å². The highest BCUT2D eigenvalue weighted by Crippen LogP contribution is 2.38. The lowest BCUT2D eigenvalue weighted by atomic mass is 10.1. The first-order valence-corrected chi connectivity index (χ1v) is 7.69. The van der Waals surface area contributed by atoms with Gasteiger partial charge >= 0.3 is 0 Å². The van der Waals surface area contributed by atoms with E-state index in [1.54, 1.807) is 24.3 Å². The predicted molar refractivity (Wildman–Crippen MR) is 97.1 cm³/mol. The molecule has 2 aromatic carbocycles. The van der Waals surface area contributed by atoms with Gasteiger partial charge in [0.25, 0.3) is 0 Å². The molecule has 0 saturated carbocycles. The number of aromatic hydroxyl groups is 1. The minimum absolute atomic E-state index is 0.0890. The van der Waals surface area contributed by atoms with Gasteiger partial charge in [0.1, 0.15) is 5.69 Å². The van der Waals surface area contributed by atoms with E-state index in [0.29, 0.717) is 16.4 Å². The molecular formula is C16H12ClN5OS. The molecule has 6 nitrogen and oxygen atoms in total. The van der Waals surface area contributed by atoms with Crippen molar-refractivity contribution < 1.29 is 5.11 Å². The topological polar surface area (TPSA) is 88.8 Å². The molecular weight excluding hydrogens is 346 g/mol. The normalized spacial score (nSPS) is 11.0. The molecule has 0 radical (unpaired) electrons. The monoisotopic (exact) mass is 357 g/mol. The Morgan fingerprint density at radius 3 is 2.54 bits per heavy atom. The highest BCUT2D eigenvalue weighted by molar-refractivity contribution is 7.80. The first-order chi connectivity index (χ1) is 11.6. The van der Waals surface area contributed by atoms with Crippen LogP contribution >= 0.6 is 23.8 Å². The van der Waals surface area contributed by atoms with E-state index in [1.165, 1.54) is 0 Å². The van der Waals surface area contributed by atoms with Crippen LogP contribution in [0.3, 0.4) is 0 Å². The summed E-state index contributed by atoms with van der Waals surface area (Å²) >= 11 is 10.8. The molecule has 0 aliphatic rings. The van der Waals surface area contributed by atoms with E-state index < -0.39 is 0 Å². The van der Waals surface area contributed by atoms with Gasteiger partial charge in [-0.25, -0.2) is 0 Å². The third-order valence-electron chi connectivity index (χ3n) is 3.17. The van der Waals surface area contributed by atoms with Crippen LogP contribution in [0.4, 0.5) is 11.4 Å². The summed E-state index contributed by atoms with van der Waals surface area (Å²) in [4.78, 5) is 0. The quantitative estimate of drug-likeness (QED) is 0.536. The Bertz CT molecular complexity index is 923. The zero-order valence-corrected chi connectivity index (χ0v) is 13.9. The maximum Gasteiger partial charge on any atom is 0.245 e. The summed E-state index contributed by atoms with van der Waals surface area (Å²) in [5.41, 5.74) is 7.48. The number of rotatable bonds is 3. The second-order valence-corrected chi connectivity index (χ2v) is 5.67. The Hall–Kier alpha value is -2.77. The molecule has 0 amide bonds. The van der Waals surface area contributed by atoms with Gasteiger partial charge in [-0.05, 0) is 30.4 Å². The van der Waals surface area contributed by atoms with Crippen LogP contribution in [0.2, 0.25) is 5.02 Å². The minimum Gasteiger partial charge on any atom is -0.492 e. The van der Waals surface area contributed by atoms with E-state index in [0.717, 1.165) is 10.2 Å². The van der Waals surface area contributed by atoms with Gasteiger partial charge in [-0.2, -0.15) is 14.9 Å². The molecule has 0 aliphatic carbocycles. The minimum atomic E-state index is -0.271. The molecule has 0 aliphatic heterocycles. The van der Waals surface area contributed by atoms with Crippen LogP contribution in [-0.4, -0.2) is 20.0 Å². The number of aromatic nitrogens is 2. The van der Waals surface area contributed by atoms with Gasteiger partial charge < -0.3 is 10.8 Å². The van der Waals surface area contributed by atoms with Gasteiger partial charge in [0.05, 0.1) is 5.69 Å². The van der Waals surface area contributed by atoms with Crippen molar-refractivity contribution in [3.8, 4) is 17.1 Å². The van der Waals surface area contributed by atoms with Crippen molar-refractivity contribution in [2.45, 2.75) is 0 Å². The number of nitrogens with two attached hydrogens (primary N) is 1. The highest BCUT2D eigenvalue weighted by atomic mass is 35.5. The molecule has 120 valence electrons. The van der Waals surface area contributed by atoms with E-state index in [4.69, 9.17) is 29.6 Å². The molecule has 3 rings (SSSR count). The summed E-state index contributed by atoms with van der Waals surface area (Å²) in [6.07, 6.45) is 0. The van der Waals surface area contributed by atoms with Crippen LogP contribution in [0.5, 0.6) is 5.88 Å². The van der Waals surface area contributed by atoms with Crippen molar-refractivity contribution in [2.75, 3.05) is 0 Å². The predicted octanol–water partition coefficient (Wildman–Crippen LogP) is 4.42. The molecule has 24 heavy (non-hydrogen) atoms. The van der Waals surface area contributed by atoms with Crippen molar-refractivity contribution in [3.05, 3.63) is 59.6 Å². The number of nitrogens with zero attached hydrogens (tertiary/aromatic N) is 4. The molecule has 0 bridgehead atoms. The van der Waals surface area contributed by atoms with Crippen molar-refractivity contribution in [1.82, 2.24) is 9.78 Å². The van der Waals surface area contributed by atoms with Crippen molar-refractivity contribution in [3.63, 3.8) is 0 Å². The fourth-order valence-corrected chi connectivity index (χ4v) is 2.40. The second-order valence-electron chi connectivity index (χ2n) is 4.82. The van der Waals surface area contributed by atoms with Crippen LogP contribution in [0.25, 0.3) is 11.3 Å². The van der Waals surface area contributed by atoms with Gasteiger partial charge in [-0.3, -0.25) is 0 Å². The molecule has 3 aromatic rings. The number of hydrogen-bond donors (Lipinski definition) is 2. The van der Waals surface area contributed by atoms with E-state index in [1.807, 2.05) is 30.3 Å². The van der Waals surface area contributed by atoms with Crippen molar-refractivity contribution in [1.29, 1.82) is 0 Å². The van der Waals surface area contributed by atoms with Gasteiger partial charge in [0.15, 0.2) is 10.8 Å². The van der Waals surface area contributed by atoms with Crippen LogP contribution in [-0.2, 0) is 0 Å². The van der Waals surface area contributed by atoms with E-state index in [-0.39, 0.29) is 16.7 Å².